The average Bonchev–Trinajstić information content (AvgIpc) is 2.16. The Morgan fingerprint density at radius 2 is 2.36 bits per heavy atom. The van der Waals surface area contributed by atoms with Gasteiger partial charge < -0.3 is 4.74 Å². The van der Waals surface area contributed by atoms with Crippen molar-refractivity contribution in [3.8, 4) is 0 Å². The van der Waals surface area contributed by atoms with Crippen molar-refractivity contribution in [1.82, 2.24) is 0 Å². The van der Waals surface area contributed by atoms with E-state index in [4.69, 9.17) is 5.41 Å². The van der Waals surface area contributed by atoms with Gasteiger partial charge in [-0.15, -0.1) is 0 Å². The first kappa shape index (κ1) is 10.1. The van der Waals surface area contributed by atoms with Gasteiger partial charge in [-0.1, -0.05) is 12.2 Å². The minimum atomic E-state index is -0.967. The molecule has 0 spiro atoms. The van der Waals surface area contributed by atoms with Crippen molar-refractivity contribution < 1.29 is 14.5 Å². The molecule has 0 fully saturated rings. The van der Waals surface area contributed by atoms with Crippen LogP contribution in [-0.2, 0) is 9.53 Å². The van der Waals surface area contributed by atoms with E-state index in [9.17, 15) is 14.9 Å². The zero-order valence-corrected chi connectivity index (χ0v) is 7.39. The predicted molar refractivity (Wildman–Crippen MR) is 47.5 cm³/mol. The molecule has 0 aromatic rings. The standard InChI is InChI=1S/C8H8N2O4/c1-14-8(11)5-3-2-4-6(7(5)9)10(12)13/h2-5,9H,1H3. The number of carbonyl (C=O) groups excluding carboxylic acids is 1. The molecule has 0 bridgehead atoms. The Morgan fingerprint density at radius 1 is 1.71 bits per heavy atom. The lowest BCUT2D eigenvalue weighted by Crippen LogP contribution is -2.28. The van der Waals surface area contributed by atoms with Crippen LogP contribution in [0.5, 0.6) is 0 Å². The second kappa shape index (κ2) is 3.82. The van der Waals surface area contributed by atoms with Crippen LogP contribution in [0.25, 0.3) is 0 Å². The smallest absolute Gasteiger partial charge is 0.318 e. The Bertz CT molecular complexity index is 356. The molecule has 1 atom stereocenters. The van der Waals surface area contributed by atoms with Gasteiger partial charge in [-0.05, 0) is 0 Å². The van der Waals surface area contributed by atoms with E-state index in [1.807, 2.05) is 0 Å². The summed E-state index contributed by atoms with van der Waals surface area (Å²) in [7, 11) is 1.17. The summed E-state index contributed by atoms with van der Waals surface area (Å²) in [6, 6.07) is 0. The average molecular weight is 196 g/mol. The van der Waals surface area contributed by atoms with Gasteiger partial charge in [0, 0.05) is 6.08 Å². The van der Waals surface area contributed by atoms with Gasteiger partial charge >= 0.3 is 5.97 Å². The van der Waals surface area contributed by atoms with E-state index in [1.54, 1.807) is 0 Å². The molecule has 0 aromatic heterocycles. The third kappa shape index (κ3) is 1.68. The fourth-order valence-corrected chi connectivity index (χ4v) is 1.09. The van der Waals surface area contributed by atoms with Crippen LogP contribution in [0.4, 0.5) is 0 Å². The lowest BCUT2D eigenvalue weighted by molar-refractivity contribution is -0.415. The van der Waals surface area contributed by atoms with Crippen LogP contribution >= 0.6 is 0 Å². The Hall–Kier alpha value is -1.98. The molecule has 0 saturated heterocycles. The van der Waals surface area contributed by atoms with Crippen molar-refractivity contribution in [3.05, 3.63) is 34.0 Å². The Morgan fingerprint density at radius 3 is 2.86 bits per heavy atom. The number of nitro groups is 1. The fraction of sp³-hybridized carbons (Fsp3) is 0.250. The first-order valence-electron chi connectivity index (χ1n) is 3.77. The zero-order chi connectivity index (χ0) is 10.7. The minimum absolute atomic E-state index is 0.343. The second-order valence-corrected chi connectivity index (χ2v) is 2.61. The highest BCUT2D eigenvalue weighted by atomic mass is 16.6. The number of nitrogens with one attached hydrogen (secondary N) is 1. The van der Waals surface area contributed by atoms with E-state index < -0.39 is 16.8 Å². The lowest BCUT2D eigenvalue weighted by atomic mass is 9.96. The van der Waals surface area contributed by atoms with E-state index in [2.05, 4.69) is 4.74 Å². The normalized spacial score (nSPS) is 20.2. The third-order valence-corrected chi connectivity index (χ3v) is 1.80. The van der Waals surface area contributed by atoms with E-state index in [1.165, 1.54) is 25.3 Å². The van der Waals surface area contributed by atoms with Crippen LogP contribution < -0.4 is 0 Å². The van der Waals surface area contributed by atoms with E-state index >= 15 is 0 Å². The van der Waals surface area contributed by atoms with Crippen molar-refractivity contribution in [3.63, 3.8) is 0 Å². The van der Waals surface area contributed by atoms with Gasteiger partial charge in [0.1, 0.15) is 11.6 Å². The maximum absolute atomic E-state index is 11.1. The Kier molecular flexibility index (Phi) is 2.76. The van der Waals surface area contributed by atoms with Crippen LogP contribution in [0.15, 0.2) is 23.9 Å². The quantitative estimate of drug-likeness (QED) is 0.396. The van der Waals surface area contributed by atoms with Crippen LogP contribution in [-0.4, -0.2) is 23.7 Å². The molecule has 0 aromatic carbocycles. The molecular formula is C8H8N2O4. The highest BCUT2D eigenvalue weighted by Crippen LogP contribution is 2.16. The summed E-state index contributed by atoms with van der Waals surface area (Å²) in [5.41, 5.74) is -0.716. The molecule has 6 nitrogen and oxygen atoms in total. The Labute approximate surface area is 79.5 Å². The highest BCUT2D eigenvalue weighted by Gasteiger charge is 2.32. The number of allylic oxidation sites excluding steroid dienone is 3. The molecule has 0 amide bonds. The molecule has 1 unspecified atom stereocenters. The van der Waals surface area contributed by atoms with Crippen molar-refractivity contribution in [2.45, 2.75) is 0 Å². The van der Waals surface area contributed by atoms with Gasteiger partial charge in [0.2, 0.25) is 0 Å². The largest absolute Gasteiger partial charge is 0.468 e. The first-order chi connectivity index (χ1) is 6.57. The molecule has 6 heteroatoms. The van der Waals surface area contributed by atoms with Crippen molar-refractivity contribution in [2.75, 3.05) is 7.11 Å². The number of ether oxygens (including phenoxy) is 1. The maximum atomic E-state index is 11.1. The van der Waals surface area contributed by atoms with Crippen LogP contribution in [0.3, 0.4) is 0 Å². The zero-order valence-electron chi connectivity index (χ0n) is 7.39. The van der Waals surface area contributed by atoms with Gasteiger partial charge in [-0.2, -0.15) is 0 Å². The number of nitrogens with zero attached hydrogens (tertiary/aromatic N) is 1. The monoisotopic (exact) mass is 196 g/mol. The molecular weight excluding hydrogens is 188 g/mol. The lowest BCUT2D eigenvalue weighted by Gasteiger charge is -2.12. The summed E-state index contributed by atoms with van der Waals surface area (Å²) in [5, 5.41) is 17.8. The molecule has 0 heterocycles. The first-order valence-corrected chi connectivity index (χ1v) is 3.77. The number of esters is 1. The molecule has 0 aliphatic heterocycles. The summed E-state index contributed by atoms with van der Waals surface area (Å²) in [5.74, 6) is -1.64. The van der Waals surface area contributed by atoms with Gasteiger partial charge in [0.25, 0.3) is 5.70 Å². The van der Waals surface area contributed by atoms with E-state index in [0.717, 1.165) is 0 Å². The van der Waals surface area contributed by atoms with Crippen LogP contribution in [0.1, 0.15) is 0 Å². The van der Waals surface area contributed by atoms with Gasteiger partial charge in [-0.25, -0.2) is 0 Å². The summed E-state index contributed by atoms with van der Waals surface area (Å²) < 4.78 is 4.41. The highest BCUT2D eigenvalue weighted by molar-refractivity contribution is 6.11. The molecule has 0 saturated carbocycles. The maximum Gasteiger partial charge on any atom is 0.318 e. The molecule has 74 valence electrons. The SMILES string of the molecule is COC(=O)C1C=CC=C([N+](=O)[O-])C1=N. The number of rotatable bonds is 2. The van der Waals surface area contributed by atoms with E-state index in [-0.39, 0.29) is 11.4 Å². The summed E-state index contributed by atoms with van der Waals surface area (Å²) in [4.78, 5) is 20.8. The summed E-state index contributed by atoms with van der Waals surface area (Å²) in [6.07, 6.45) is 3.95. The number of hydrogen-bond donors (Lipinski definition) is 1. The summed E-state index contributed by atoms with van der Waals surface area (Å²) in [6.45, 7) is 0. The number of methoxy groups -OCH3 is 1. The molecule has 14 heavy (non-hydrogen) atoms. The molecule has 1 aliphatic carbocycles. The fourth-order valence-electron chi connectivity index (χ4n) is 1.09. The second-order valence-electron chi connectivity index (χ2n) is 2.61. The summed E-state index contributed by atoms with van der Waals surface area (Å²) >= 11 is 0. The van der Waals surface area contributed by atoms with Crippen LogP contribution in [0.2, 0.25) is 0 Å². The molecule has 1 rings (SSSR count). The van der Waals surface area contributed by atoms with Crippen LogP contribution in [0, 0.1) is 21.4 Å². The molecule has 0 radical (unpaired) electrons. The van der Waals surface area contributed by atoms with E-state index in [0.29, 0.717) is 0 Å². The Balaban J connectivity index is 2.95. The molecule has 1 aliphatic rings. The minimum Gasteiger partial charge on any atom is -0.468 e. The number of hydrogen-bond acceptors (Lipinski definition) is 5. The molecule has 1 N–H and O–H groups in total. The van der Waals surface area contributed by atoms with Gasteiger partial charge in [0.15, 0.2) is 0 Å². The third-order valence-electron chi connectivity index (χ3n) is 1.80. The van der Waals surface area contributed by atoms with Crippen molar-refractivity contribution in [1.29, 1.82) is 5.41 Å². The van der Waals surface area contributed by atoms with Crippen molar-refractivity contribution in [2.24, 2.45) is 5.92 Å². The van der Waals surface area contributed by atoms with Gasteiger partial charge in [-0.3, -0.25) is 20.3 Å². The predicted octanol–water partition coefficient (Wildman–Crippen LogP) is 0.526. The number of carbonyl (C=O) groups is 1. The van der Waals surface area contributed by atoms with Crippen molar-refractivity contribution >= 4 is 11.7 Å². The topological polar surface area (TPSA) is 93.3 Å². The van der Waals surface area contributed by atoms with Gasteiger partial charge in [0.05, 0.1) is 12.0 Å².